The Morgan fingerprint density at radius 3 is 2.77 bits per heavy atom. The second kappa shape index (κ2) is 10.2. The van der Waals surface area contributed by atoms with Crippen molar-refractivity contribution in [1.29, 1.82) is 5.41 Å². The lowest BCUT2D eigenvalue weighted by Crippen LogP contribution is -2.50. The molecule has 31 heavy (non-hydrogen) atoms. The first kappa shape index (κ1) is 22.5. The maximum Gasteiger partial charge on any atom is 0.267 e. The van der Waals surface area contributed by atoms with Gasteiger partial charge in [0.05, 0.1) is 12.6 Å². The van der Waals surface area contributed by atoms with Gasteiger partial charge in [0.15, 0.2) is 0 Å². The number of para-hydroxylation sites is 1. The van der Waals surface area contributed by atoms with Crippen molar-refractivity contribution in [2.45, 2.75) is 50.3 Å². The van der Waals surface area contributed by atoms with Gasteiger partial charge in [0.2, 0.25) is 11.8 Å². The average molecular weight is 428 g/mol. The van der Waals surface area contributed by atoms with Gasteiger partial charge in [0.1, 0.15) is 11.8 Å². The summed E-state index contributed by atoms with van der Waals surface area (Å²) in [6, 6.07) is 6.13. The highest BCUT2D eigenvalue weighted by Gasteiger charge is 2.33. The summed E-state index contributed by atoms with van der Waals surface area (Å²) in [5.74, 6) is -1.30. The molecule has 1 heterocycles. The fourth-order valence-corrected chi connectivity index (χ4v) is 4.05. The number of nitrogens with one attached hydrogen (secondary N) is 3. The third kappa shape index (κ3) is 5.49. The summed E-state index contributed by atoms with van der Waals surface area (Å²) < 4.78 is 5.42. The van der Waals surface area contributed by atoms with Crippen LogP contribution in [0.5, 0.6) is 0 Å². The molecule has 1 aromatic rings. The van der Waals surface area contributed by atoms with Crippen LogP contribution in [-0.2, 0) is 19.1 Å². The molecule has 166 valence electrons. The number of rotatable bonds is 8. The molecular formula is C22H29N5O4. The first-order valence-corrected chi connectivity index (χ1v) is 10.4. The Labute approximate surface area is 181 Å². The highest BCUT2D eigenvalue weighted by Crippen LogP contribution is 2.22. The lowest BCUT2D eigenvalue weighted by Gasteiger charge is -2.31. The molecule has 9 heteroatoms. The lowest BCUT2D eigenvalue weighted by atomic mass is 9.92. The summed E-state index contributed by atoms with van der Waals surface area (Å²) in [7, 11) is 1.69. The van der Waals surface area contributed by atoms with Crippen LogP contribution in [0.2, 0.25) is 0 Å². The van der Waals surface area contributed by atoms with E-state index in [1.807, 2.05) is 0 Å². The van der Waals surface area contributed by atoms with Crippen molar-refractivity contribution in [1.82, 2.24) is 10.2 Å². The highest BCUT2D eigenvalue weighted by atomic mass is 16.5. The summed E-state index contributed by atoms with van der Waals surface area (Å²) in [4.78, 5) is 38.4. The minimum atomic E-state index is -0.849. The predicted molar refractivity (Wildman–Crippen MR) is 117 cm³/mol. The number of methoxy groups -OCH3 is 1. The number of nitrogens with zero attached hydrogens (tertiary/aromatic N) is 1. The van der Waals surface area contributed by atoms with Gasteiger partial charge in [-0.15, -0.1) is 0 Å². The quantitative estimate of drug-likeness (QED) is 0.461. The minimum absolute atomic E-state index is 0.0496. The molecule has 2 aliphatic rings. The molecule has 1 aliphatic carbocycles. The van der Waals surface area contributed by atoms with Crippen molar-refractivity contribution in [2.24, 2.45) is 5.73 Å². The van der Waals surface area contributed by atoms with E-state index in [1.165, 1.54) is 4.90 Å². The van der Waals surface area contributed by atoms with Gasteiger partial charge in [0.25, 0.3) is 5.91 Å². The SMILES string of the molecule is CO[C@H]1CCC[C@@H](NC(=O)[C@@H]2CC=CN2C(=O)CNc2ccccc2C(=N)C(N)=O)C1. The maximum absolute atomic E-state index is 12.8. The fourth-order valence-electron chi connectivity index (χ4n) is 4.05. The van der Waals surface area contributed by atoms with Gasteiger partial charge in [-0.05, 0) is 38.2 Å². The van der Waals surface area contributed by atoms with E-state index in [0.717, 1.165) is 25.7 Å². The van der Waals surface area contributed by atoms with Gasteiger partial charge in [-0.3, -0.25) is 19.8 Å². The molecule has 5 N–H and O–H groups in total. The van der Waals surface area contributed by atoms with Crippen molar-refractivity contribution in [2.75, 3.05) is 19.0 Å². The lowest BCUT2D eigenvalue weighted by molar-refractivity contribution is -0.136. The Bertz CT molecular complexity index is 884. The van der Waals surface area contributed by atoms with Crippen LogP contribution in [0.3, 0.4) is 0 Å². The zero-order valence-electron chi connectivity index (χ0n) is 17.6. The van der Waals surface area contributed by atoms with E-state index in [2.05, 4.69) is 10.6 Å². The molecule has 3 atom stereocenters. The number of primary amides is 1. The highest BCUT2D eigenvalue weighted by molar-refractivity contribution is 6.44. The van der Waals surface area contributed by atoms with Gasteiger partial charge < -0.3 is 26.0 Å². The number of ether oxygens (including phenoxy) is 1. The van der Waals surface area contributed by atoms with E-state index < -0.39 is 11.9 Å². The first-order chi connectivity index (χ1) is 14.9. The molecule has 3 rings (SSSR count). The molecular weight excluding hydrogens is 398 g/mol. The molecule has 0 unspecified atom stereocenters. The molecule has 3 amide bonds. The number of hydrogen-bond donors (Lipinski definition) is 4. The van der Waals surface area contributed by atoms with Crippen LogP contribution < -0.4 is 16.4 Å². The number of carbonyl (C=O) groups is 3. The molecule has 0 saturated heterocycles. The molecule has 1 fully saturated rings. The van der Waals surface area contributed by atoms with Crippen molar-refractivity contribution < 1.29 is 19.1 Å². The largest absolute Gasteiger partial charge is 0.381 e. The van der Waals surface area contributed by atoms with Crippen LogP contribution in [-0.4, -0.2) is 60.2 Å². The molecule has 0 bridgehead atoms. The summed E-state index contributed by atoms with van der Waals surface area (Å²) in [6.45, 7) is -0.0909. The number of nitrogens with two attached hydrogens (primary N) is 1. The molecule has 0 spiro atoms. The van der Waals surface area contributed by atoms with Crippen LogP contribution in [0.4, 0.5) is 5.69 Å². The molecule has 1 aromatic carbocycles. The Kier molecular flexibility index (Phi) is 7.41. The van der Waals surface area contributed by atoms with E-state index in [0.29, 0.717) is 17.7 Å². The van der Waals surface area contributed by atoms with Gasteiger partial charge in [-0.25, -0.2) is 0 Å². The van der Waals surface area contributed by atoms with Gasteiger partial charge in [0, 0.05) is 30.6 Å². The standard InChI is InChI=1S/C22H29N5O4/c1-31-15-7-4-6-14(12-15)26-22(30)18-10-5-11-27(18)19(28)13-25-17-9-3-2-8-16(17)20(23)21(24)29/h2-3,5,8-9,11,14-15,18,23,25H,4,6-7,10,12-13H2,1H3,(H2,24,29)(H,26,30)/t14-,15+,18+/m1/s1. The number of carbonyl (C=O) groups excluding carboxylic acids is 3. The Morgan fingerprint density at radius 1 is 1.26 bits per heavy atom. The van der Waals surface area contributed by atoms with Crippen LogP contribution in [0.25, 0.3) is 0 Å². The zero-order valence-corrected chi connectivity index (χ0v) is 17.6. The van der Waals surface area contributed by atoms with Gasteiger partial charge in [-0.2, -0.15) is 0 Å². The summed E-state index contributed by atoms with van der Waals surface area (Å²) >= 11 is 0. The Morgan fingerprint density at radius 2 is 2.03 bits per heavy atom. The van der Waals surface area contributed by atoms with Crippen molar-refractivity contribution in [3.05, 3.63) is 42.1 Å². The van der Waals surface area contributed by atoms with E-state index in [4.69, 9.17) is 15.9 Å². The van der Waals surface area contributed by atoms with Crippen molar-refractivity contribution >= 4 is 29.1 Å². The average Bonchev–Trinajstić information content (AvgIpc) is 3.27. The third-order valence-electron chi connectivity index (χ3n) is 5.73. The maximum atomic E-state index is 12.8. The molecule has 0 aromatic heterocycles. The molecule has 9 nitrogen and oxygen atoms in total. The molecule has 0 radical (unpaired) electrons. The van der Waals surface area contributed by atoms with Crippen LogP contribution in [0, 0.1) is 5.41 Å². The third-order valence-corrected chi connectivity index (χ3v) is 5.73. The topological polar surface area (TPSA) is 138 Å². The number of amides is 3. The van der Waals surface area contributed by atoms with Crippen LogP contribution in [0.1, 0.15) is 37.7 Å². The predicted octanol–water partition coefficient (Wildman–Crippen LogP) is 1.14. The normalized spacial score (nSPS) is 22.7. The molecule has 1 saturated carbocycles. The van der Waals surface area contributed by atoms with E-state index in [-0.39, 0.29) is 36.2 Å². The number of anilines is 1. The molecule has 1 aliphatic heterocycles. The summed E-state index contributed by atoms with van der Waals surface area (Å²) in [5, 5.41) is 13.9. The van der Waals surface area contributed by atoms with E-state index in [9.17, 15) is 14.4 Å². The van der Waals surface area contributed by atoms with Crippen molar-refractivity contribution in [3.8, 4) is 0 Å². The Hall–Kier alpha value is -3.20. The van der Waals surface area contributed by atoms with E-state index >= 15 is 0 Å². The van der Waals surface area contributed by atoms with Crippen molar-refractivity contribution in [3.63, 3.8) is 0 Å². The summed E-state index contributed by atoms with van der Waals surface area (Å²) in [6.07, 6.45) is 7.73. The fraction of sp³-hybridized carbons (Fsp3) is 0.455. The summed E-state index contributed by atoms with van der Waals surface area (Å²) in [5.41, 5.74) is 5.65. The minimum Gasteiger partial charge on any atom is -0.381 e. The smallest absolute Gasteiger partial charge is 0.267 e. The van der Waals surface area contributed by atoms with Crippen LogP contribution >= 0.6 is 0 Å². The number of hydrogen-bond acceptors (Lipinski definition) is 6. The Balaban J connectivity index is 1.59. The first-order valence-electron chi connectivity index (χ1n) is 10.4. The van der Waals surface area contributed by atoms with Gasteiger partial charge in [-0.1, -0.05) is 24.3 Å². The van der Waals surface area contributed by atoms with Gasteiger partial charge >= 0.3 is 0 Å². The van der Waals surface area contributed by atoms with E-state index in [1.54, 1.807) is 43.7 Å². The number of benzene rings is 1. The zero-order chi connectivity index (χ0) is 22.4. The van der Waals surface area contributed by atoms with Crippen LogP contribution in [0.15, 0.2) is 36.5 Å². The monoisotopic (exact) mass is 427 g/mol. The second-order valence-electron chi connectivity index (χ2n) is 7.81. The second-order valence-corrected chi connectivity index (χ2v) is 7.81.